The zero-order valence-electron chi connectivity index (χ0n) is 13.8. The molecule has 23 heavy (non-hydrogen) atoms. The predicted octanol–water partition coefficient (Wildman–Crippen LogP) is 4.15. The van der Waals surface area contributed by atoms with Crippen molar-refractivity contribution in [3.63, 3.8) is 0 Å². The Bertz CT molecular complexity index is 659. The van der Waals surface area contributed by atoms with E-state index in [4.69, 9.17) is 19.1 Å². The van der Waals surface area contributed by atoms with Crippen molar-refractivity contribution in [3.8, 4) is 10.7 Å². The molecule has 1 aliphatic rings. The second kappa shape index (κ2) is 7.66. The molecule has 0 spiro atoms. The zero-order valence-corrected chi connectivity index (χ0v) is 14.6. The summed E-state index contributed by atoms with van der Waals surface area (Å²) in [6.45, 7) is 6.61. The highest BCUT2D eigenvalue weighted by atomic mass is 32.1. The van der Waals surface area contributed by atoms with Gasteiger partial charge in [-0.2, -0.15) is 9.59 Å². The quantitative estimate of drug-likeness (QED) is 0.840. The molecule has 0 aromatic carbocycles. The third kappa shape index (κ3) is 5.41. The number of aromatic nitrogens is 2. The summed E-state index contributed by atoms with van der Waals surface area (Å²) in [5.74, 6) is 1.81. The van der Waals surface area contributed by atoms with Crippen molar-refractivity contribution in [1.29, 1.82) is 0 Å². The fourth-order valence-corrected chi connectivity index (χ4v) is 3.31. The van der Waals surface area contributed by atoms with Gasteiger partial charge >= 0.3 is 6.15 Å². The molecule has 0 aliphatic heterocycles. The molecule has 1 fully saturated rings. The average molecular weight is 334 g/mol. The summed E-state index contributed by atoms with van der Waals surface area (Å²) in [6.07, 6.45) is 6.41. The SMILES string of the molecule is CC(C)(C)Cc1cc(-c2nc(CC3CCC3)cs2)no1.O=C=O. The standard InChI is InChI=1S/C16H22N2OS.CO2/c1-16(2,3)9-13-8-14(18-19-13)15-17-12(10-20-15)7-11-5-4-6-11;2-1-3/h8,10-11H,4-7,9H2,1-3H3;. The van der Waals surface area contributed by atoms with E-state index in [1.54, 1.807) is 11.3 Å². The largest absolute Gasteiger partial charge is 0.373 e. The number of hydrogen-bond acceptors (Lipinski definition) is 6. The Morgan fingerprint density at radius 2 is 2.04 bits per heavy atom. The van der Waals surface area contributed by atoms with Crippen LogP contribution in [0, 0.1) is 11.3 Å². The van der Waals surface area contributed by atoms with Crippen LogP contribution in [0.5, 0.6) is 0 Å². The van der Waals surface area contributed by atoms with E-state index in [9.17, 15) is 0 Å². The van der Waals surface area contributed by atoms with Gasteiger partial charge in [0.1, 0.15) is 16.5 Å². The molecule has 0 atom stereocenters. The maximum atomic E-state index is 8.12. The lowest BCUT2D eigenvalue weighted by atomic mass is 9.82. The minimum absolute atomic E-state index is 0.217. The molecular weight excluding hydrogens is 312 g/mol. The van der Waals surface area contributed by atoms with Crippen LogP contribution in [0.2, 0.25) is 0 Å². The number of thiazole rings is 1. The third-order valence-electron chi connectivity index (χ3n) is 3.76. The molecule has 0 bridgehead atoms. The first-order valence-electron chi connectivity index (χ1n) is 7.81. The van der Waals surface area contributed by atoms with Gasteiger partial charge in [0.15, 0.2) is 0 Å². The van der Waals surface area contributed by atoms with Crippen molar-refractivity contribution in [1.82, 2.24) is 10.1 Å². The van der Waals surface area contributed by atoms with Gasteiger partial charge in [0, 0.05) is 17.9 Å². The zero-order chi connectivity index (χ0) is 16.9. The van der Waals surface area contributed by atoms with Crippen molar-refractivity contribution >= 4 is 17.5 Å². The van der Waals surface area contributed by atoms with Gasteiger partial charge in [0.2, 0.25) is 0 Å². The van der Waals surface area contributed by atoms with Crippen LogP contribution in [-0.4, -0.2) is 16.3 Å². The molecule has 124 valence electrons. The van der Waals surface area contributed by atoms with Gasteiger partial charge < -0.3 is 4.52 Å². The van der Waals surface area contributed by atoms with Crippen LogP contribution in [-0.2, 0) is 22.4 Å². The van der Waals surface area contributed by atoms with Crippen LogP contribution >= 0.6 is 11.3 Å². The summed E-state index contributed by atoms with van der Waals surface area (Å²) in [6, 6.07) is 2.04. The summed E-state index contributed by atoms with van der Waals surface area (Å²) in [4.78, 5) is 21.0. The molecule has 3 rings (SSSR count). The smallest absolute Gasteiger partial charge is 0.361 e. The van der Waals surface area contributed by atoms with Gasteiger partial charge in [-0.25, -0.2) is 4.98 Å². The highest BCUT2D eigenvalue weighted by molar-refractivity contribution is 7.13. The Kier molecular flexibility index (Phi) is 5.85. The van der Waals surface area contributed by atoms with Crippen LogP contribution in [0.15, 0.2) is 16.0 Å². The van der Waals surface area contributed by atoms with E-state index < -0.39 is 0 Å². The summed E-state index contributed by atoms with van der Waals surface area (Å²) >= 11 is 1.68. The molecule has 1 aliphatic carbocycles. The van der Waals surface area contributed by atoms with Gasteiger partial charge in [-0.3, -0.25) is 0 Å². The van der Waals surface area contributed by atoms with Gasteiger partial charge in [0.25, 0.3) is 0 Å². The van der Waals surface area contributed by atoms with Gasteiger partial charge in [-0.15, -0.1) is 11.3 Å². The van der Waals surface area contributed by atoms with Crippen molar-refractivity contribution < 1.29 is 14.1 Å². The Hall–Kier alpha value is -1.78. The molecule has 5 nitrogen and oxygen atoms in total. The summed E-state index contributed by atoms with van der Waals surface area (Å²) < 4.78 is 5.43. The van der Waals surface area contributed by atoms with Gasteiger partial charge in [-0.1, -0.05) is 45.2 Å². The second-order valence-electron chi connectivity index (χ2n) is 7.14. The van der Waals surface area contributed by atoms with E-state index in [2.05, 4.69) is 31.3 Å². The number of nitrogens with zero attached hydrogens (tertiary/aromatic N) is 2. The van der Waals surface area contributed by atoms with E-state index in [0.717, 1.165) is 35.2 Å². The monoisotopic (exact) mass is 334 g/mol. The normalized spacial score (nSPS) is 14.6. The highest BCUT2D eigenvalue weighted by Gasteiger charge is 2.20. The minimum Gasteiger partial charge on any atom is -0.361 e. The van der Waals surface area contributed by atoms with Crippen LogP contribution in [0.4, 0.5) is 0 Å². The first-order valence-corrected chi connectivity index (χ1v) is 8.69. The minimum atomic E-state index is 0.217. The molecule has 0 amide bonds. The van der Waals surface area contributed by atoms with Gasteiger partial charge in [-0.05, 0) is 17.8 Å². The van der Waals surface area contributed by atoms with Crippen LogP contribution < -0.4 is 0 Å². The Balaban J connectivity index is 0.000000595. The van der Waals surface area contributed by atoms with Crippen molar-refractivity contribution in [2.75, 3.05) is 0 Å². The van der Waals surface area contributed by atoms with E-state index in [1.807, 2.05) is 6.07 Å². The van der Waals surface area contributed by atoms with Crippen molar-refractivity contribution in [2.24, 2.45) is 11.3 Å². The third-order valence-corrected chi connectivity index (χ3v) is 4.67. The molecule has 0 radical (unpaired) electrons. The van der Waals surface area contributed by atoms with E-state index >= 15 is 0 Å². The molecule has 2 aromatic heterocycles. The molecule has 0 unspecified atom stereocenters. The predicted molar refractivity (Wildman–Crippen MR) is 86.8 cm³/mol. The van der Waals surface area contributed by atoms with Crippen LogP contribution in [0.1, 0.15) is 51.5 Å². The lowest BCUT2D eigenvalue weighted by Crippen LogP contribution is -2.13. The molecule has 6 heteroatoms. The Morgan fingerprint density at radius 1 is 1.35 bits per heavy atom. The Morgan fingerprint density at radius 3 is 2.61 bits per heavy atom. The lowest BCUT2D eigenvalue weighted by molar-refractivity contribution is -0.191. The molecule has 1 saturated carbocycles. The first-order chi connectivity index (χ1) is 10.9. The molecule has 2 aromatic rings. The molecule has 0 saturated heterocycles. The average Bonchev–Trinajstić information content (AvgIpc) is 3.01. The molecule has 0 N–H and O–H groups in total. The van der Waals surface area contributed by atoms with Crippen LogP contribution in [0.25, 0.3) is 10.7 Å². The van der Waals surface area contributed by atoms with Crippen LogP contribution in [0.3, 0.4) is 0 Å². The Labute approximate surface area is 140 Å². The number of rotatable bonds is 4. The van der Waals surface area contributed by atoms with Gasteiger partial charge in [0.05, 0.1) is 5.69 Å². The highest BCUT2D eigenvalue weighted by Crippen LogP contribution is 2.32. The maximum Gasteiger partial charge on any atom is 0.373 e. The first kappa shape index (κ1) is 17.6. The number of hydrogen-bond donors (Lipinski definition) is 0. The summed E-state index contributed by atoms with van der Waals surface area (Å²) in [5.41, 5.74) is 2.32. The van der Waals surface area contributed by atoms with Crippen molar-refractivity contribution in [3.05, 3.63) is 22.9 Å². The summed E-state index contributed by atoms with van der Waals surface area (Å²) in [7, 11) is 0. The molecule has 2 heterocycles. The molecular formula is C17H22N2O3S. The maximum absolute atomic E-state index is 8.12. The van der Waals surface area contributed by atoms with E-state index in [1.165, 1.54) is 25.0 Å². The van der Waals surface area contributed by atoms with Crippen molar-refractivity contribution in [2.45, 2.75) is 52.9 Å². The summed E-state index contributed by atoms with van der Waals surface area (Å²) in [5, 5.41) is 7.33. The topological polar surface area (TPSA) is 73.1 Å². The fraction of sp³-hybridized carbons (Fsp3) is 0.588. The van der Waals surface area contributed by atoms with E-state index in [-0.39, 0.29) is 11.6 Å². The van der Waals surface area contributed by atoms with E-state index in [0.29, 0.717) is 0 Å². The lowest BCUT2D eigenvalue weighted by Gasteiger charge is -2.24. The second-order valence-corrected chi connectivity index (χ2v) is 8.00. The fourth-order valence-electron chi connectivity index (χ4n) is 2.53. The number of carbonyl (C=O) groups excluding carboxylic acids is 2.